The van der Waals surface area contributed by atoms with Crippen molar-refractivity contribution in [3.63, 3.8) is 0 Å². The average molecular weight is 493 g/mol. The third-order valence-corrected chi connectivity index (χ3v) is 7.39. The molecule has 37 heavy (non-hydrogen) atoms. The summed E-state index contributed by atoms with van der Waals surface area (Å²) in [6.45, 7) is 4.44. The fraction of sp³-hybridized carbons (Fsp3) is 0.281. The molecule has 4 aromatic carbocycles. The summed E-state index contributed by atoms with van der Waals surface area (Å²) < 4.78 is 0. The Morgan fingerprint density at radius 1 is 0.811 bits per heavy atom. The van der Waals surface area contributed by atoms with Gasteiger partial charge in [0, 0.05) is 58.2 Å². The van der Waals surface area contributed by atoms with Crippen molar-refractivity contribution in [2.75, 3.05) is 56.6 Å². The van der Waals surface area contributed by atoms with E-state index in [0.717, 1.165) is 37.1 Å². The number of para-hydroxylation sites is 1. The number of piperazine rings is 1. The van der Waals surface area contributed by atoms with Crippen LogP contribution in [0.15, 0.2) is 97.1 Å². The molecule has 0 saturated carbocycles. The number of hydrogen-bond donors (Lipinski definition) is 1. The van der Waals surface area contributed by atoms with Crippen molar-refractivity contribution in [2.45, 2.75) is 12.5 Å². The second kappa shape index (κ2) is 11.5. The quantitative estimate of drug-likeness (QED) is 0.370. The van der Waals surface area contributed by atoms with Gasteiger partial charge in [-0.25, -0.2) is 0 Å². The summed E-state index contributed by atoms with van der Waals surface area (Å²) >= 11 is 0. The molecule has 1 heterocycles. The predicted octanol–water partition coefficient (Wildman–Crippen LogP) is 5.13. The van der Waals surface area contributed by atoms with E-state index in [2.05, 4.69) is 113 Å². The second-order valence-corrected chi connectivity index (χ2v) is 9.98. The van der Waals surface area contributed by atoms with Gasteiger partial charge >= 0.3 is 0 Å². The fourth-order valence-corrected chi connectivity index (χ4v) is 5.28. The standard InChI is InChI=1S/C32H36N4O/c1-34(2)28-17-15-26(16-18-28)31(36-21-19-35(20-22-36)29-12-4-3-5-13-29)24-33-32(37)23-27-11-8-10-25-9-6-7-14-30(25)27/h3-18,31H,19-24H2,1-2H3,(H,33,37). The summed E-state index contributed by atoms with van der Waals surface area (Å²) in [6, 6.07) is 34.0. The highest BCUT2D eigenvalue weighted by molar-refractivity contribution is 5.90. The summed E-state index contributed by atoms with van der Waals surface area (Å²) in [6.07, 6.45) is 0.384. The molecule has 0 aliphatic carbocycles. The van der Waals surface area contributed by atoms with Gasteiger partial charge in [-0.3, -0.25) is 9.69 Å². The van der Waals surface area contributed by atoms with Gasteiger partial charge in [-0.1, -0.05) is 72.8 Å². The van der Waals surface area contributed by atoms with Crippen LogP contribution in [0.5, 0.6) is 0 Å². The predicted molar refractivity (Wildman–Crippen MR) is 154 cm³/mol. The molecule has 5 rings (SSSR count). The van der Waals surface area contributed by atoms with Gasteiger partial charge in [0.25, 0.3) is 0 Å². The number of hydrogen-bond acceptors (Lipinski definition) is 4. The third kappa shape index (κ3) is 5.95. The zero-order chi connectivity index (χ0) is 25.6. The van der Waals surface area contributed by atoms with E-state index in [0.29, 0.717) is 13.0 Å². The Kier molecular flexibility index (Phi) is 7.71. The Morgan fingerprint density at radius 3 is 2.22 bits per heavy atom. The van der Waals surface area contributed by atoms with Crippen LogP contribution in [0.2, 0.25) is 0 Å². The lowest BCUT2D eigenvalue weighted by molar-refractivity contribution is -0.120. The van der Waals surface area contributed by atoms with Crippen LogP contribution >= 0.6 is 0 Å². The lowest BCUT2D eigenvalue weighted by Crippen LogP contribution is -2.50. The molecule has 1 N–H and O–H groups in total. The Hall–Kier alpha value is -3.83. The molecule has 0 aromatic heterocycles. The first-order valence-electron chi connectivity index (χ1n) is 13.1. The smallest absolute Gasteiger partial charge is 0.224 e. The second-order valence-electron chi connectivity index (χ2n) is 9.98. The maximum absolute atomic E-state index is 13.1. The Morgan fingerprint density at radius 2 is 1.49 bits per heavy atom. The van der Waals surface area contributed by atoms with E-state index < -0.39 is 0 Å². The average Bonchev–Trinajstić information content (AvgIpc) is 2.94. The summed E-state index contributed by atoms with van der Waals surface area (Å²) in [5, 5.41) is 5.58. The van der Waals surface area contributed by atoms with Gasteiger partial charge in [-0.05, 0) is 46.2 Å². The number of carbonyl (C=O) groups is 1. The SMILES string of the molecule is CN(C)c1ccc(C(CNC(=O)Cc2cccc3ccccc23)N2CCN(c3ccccc3)CC2)cc1. The van der Waals surface area contributed by atoms with E-state index in [1.54, 1.807) is 0 Å². The fourth-order valence-electron chi connectivity index (χ4n) is 5.28. The van der Waals surface area contributed by atoms with Gasteiger partial charge in [-0.15, -0.1) is 0 Å². The first kappa shape index (κ1) is 24.8. The highest BCUT2D eigenvalue weighted by atomic mass is 16.1. The monoisotopic (exact) mass is 492 g/mol. The minimum Gasteiger partial charge on any atom is -0.378 e. The van der Waals surface area contributed by atoms with Gasteiger partial charge < -0.3 is 15.1 Å². The molecule has 0 bridgehead atoms. The number of anilines is 2. The summed E-state index contributed by atoms with van der Waals surface area (Å²) in [5.74, 6) is 0.0641. The van der Waals surface area contributed by atoms with Gasteiger partial charge in [0.05, 0.1) is 12.5 Å². The molecule has 190 valence electrons. The Labute approximate surface area is 220 Å². The van der Waals surface area contributed by atoms with Crippen molar-refractivity contribution >= 4 is 28.1 Å². The molecule has 0 radical (unpaired) electrons. The number of carbonyl (C=O) groups excluding carboxylic acids is 1. The normalized spacial score (nSPS) is 14.9. The maximum atomic E-state index is 13.1. The summed E-state index contributed by atoms with van der Waals surface area (Å²) in [5.41, 5.74) is 4.76. The molecule has 1 fully saturated rings. The zero-order valence-corrected chi connectivity index (χ0v) is 21.8. The van der Waals surface area contributed by atoms with Crippen molar-refractivity contribution in [3.8, 4) is 0 Å². The highest BCUT2D eigenvalue weighted by Gasteiger charge is 2.26. The van der Waals surface area contributed by atoms with Crippen LogP contribution < -0.4 is 15.1 Å². The minimum absolute atomic E-state index is 0.0641. The molecule has 0 spiro atoms. The van der Waals surface area contributed by atoms with Crippen LogP contribution in [-0.4, -0.2) is 57.6 Å². The number of fused-ring (bicyclic) bond motifs is 1. The number of benzene rings is 4. The molecule has 1 aliphatic heterocycles. The van der Waals surface area contributed by atoms with E-state index >= 15 is 0 Å². The van der Waals surface area contributed by atoms with E-state index in [-0.39, 0.29) is 11.9 Å². The zero-order valence-electron chi connectivity index (χ0n) is 21.8. The van der Waals surface area contributed by atoms with Crippen LogP contribution in [0.1, 0.15) is 17.2 Å². The first-order valence-corrected chi connectivity index (χ1v) is 13.1. The van der Waals surface area contributed by atoms with Crippen molar-refractivity contribution in [1.29, 1.82) is 0 Å². The lowest BCUT2D eigenvalue weighted by Gasteiger charge is -2.40. The molecule has 1 aliphatic rings. The molecular formula is C32H36N4O. The van der Waals surface area contributed by atoms with E-state index in [1.165, 1.54) is 22.3 Å². The highest BCUT2D eigenvalue weighted by Crippen LogP contribution is 2.26. The van der Waals surface area contributed by atoms with E-state index in [4.69, 9.17) is 0 Å². The van der Waals surface area contributed by atoms with E-state index in [1.807, 2.05) is 18.2 Å². The molecule has 5 nitrogen and oxygen atoms in total. The van der Waals surface area contributed by atoms with Gasteiger partial charge in [0.1, 0.15) is 0 Å². The van der Waals surface area contributed by atoms with Gasteiger partial charge in [-0.2, -0.15) is 0 Å². The van der Waals surface area contributed by atoms with Crippen LogP contribution in [0.3, 0.4) is 0 Å². The van der Waals surface area contributed by atoms with Crippen LogP contribution in [-0.2, 0) is 11.2 Å². The van der Waals surface area contributed by atoms with Crippen molar-refractivity contribution < 1.29 is 4.79 Å². The molecule has 4 aromatic rings. The molecule has 1 unspecified atom stereocenters. The van der Waals surface area contributed by atoms with Crippen LogP contribution in [0, 0.1) is 0 Å². The van der Waals surface area contributed by atoms with Crippen LogP contribution in [0.25, 0.3) is 10.8 Å². The summed E-state index contributed by atoms with van der Waals surface area (Å²) in [4.78, 5) is 20.2. The summed E-state index contributed by atoms with van der Waals surface area (Å²) in [7, 11) is 4.12. The molecule has 1 saturated heterocycles. The number of nitrogens with zero attached hydrogens (tertiary/aromatic N) is 3. The Bertz CT molecular complexity index is 1310. The largest absolute Gasteiger partial charge is 0.378 e. The van der Waals surface area contributed by atoms with Crippen LogP contribution in [0.4, 0.5) is 11.4 Å². The molecule has 5 heteroatoms. The minimum atomic E-state index is 0.0641. The van der Waals surface area contributed by atoms with Crippen molar-refractivity contribution in [2.24, 2.45) is 0 Å². The third-order valence-electron chi connectivity index (χ3n) is 7.39. The first-order chi connectivity index (χ1) is 18.1. The molecule has 1 atom stereocenters. The molecule has 1 amide bonds. The van der Waals surface area contributed by atoms with Crippen molar-refractivity contribution in [1.82, 2.24) is 10.2 Å². The van der Waals surface area contributed by atoms with E-state index in [9.17, 15) is 4.79 Å². The maximum Gasteiger partial charge on any atom is 0.224 e. The number of nitrogens with one attached hydrogen (secondary N) is 1. The number of rotatable bonds is 8. The number of amides is 1. The molecular weight excluding hydrogens is 456 g/mol. The lowest BCUT2D eigenvalue weighted by atomic mass is 10.0. The van der Waals surface area contributed by atoms with Crippen molar-refractivity contribution in [3.05, 3.63) is 108 Å². The Balaban J connectivity index is 1.29. The van der Waals surface area contributed by atoms with Gasteiger partial charge in [0.15, 0.2) is 0 Å². The van der Waals surface area contributed by atoms with Gasteiger partial charge in [0.2, 0.25) is 5.91 Å². The topological polar surface area (TPSA) is 38.8 Å².